The van der Waals surface area contributed by atoms with Gasteiger partial charge >= 0.3 is 5.97 Å². The highest BCUT2D eigenvalue weighted by Gasteiger charge is 2.26. The third-order valence-electron chi connectivity index (χ3n) is 8.14. The molecule has 0 spiro atoms. The summed E-state index contributed by atoms with van der Waals surface area (Å²) in [5, 5.41) is 18.1. The molecule has 45 heavy (non-hydrogen) atoms. The van der Waals surface area contributed by atoms with Gasteiger partial charge in [-0.2, -0.15) is 5.26 Å². The molecule has 6 rings (SSSR count). The van der Waals surface area contributed by atoms with Gasteiger partial charge in [0, 0.05) is 25.3 Å². The van der Waals surface area contributed by atoms with Crippen LogP contribution < -0.4 is 9.47 Å². The molecule has 2 aliphatic heterocycles. The average molecular weight is 621 g/mol. The normalized spacial score (nSPS) is 17.2. The van der Waals surface area contributed by atoms with Crippen LogP contribution in [-0.2, 0) is 35.6 Å². The van der Waals surface area contributed by atoms with E-state index in [1.165, 1.54) is 24.3 Å². The molecule has 4 aromatic rings. The van der Waals surface area contributed by atoms with Crippen LogP contribution in [-0.4, -0.2) is 57.4 Å². The minimum Gasteiger partial charge on any atom is -0.490 e. The quantitative estimate of drug-likeness (QED) is 0.239. The zero-order valence-electron chi connectivity index (χ0n) is 24.3. The van der Waals surface area contributed by atoms with Gasteiger partial charge < -0.3 is 23.9 Å². The summed E-state index contributed by atoms with van der Waals surface area (Å²) in [5.41, 5.74) is 1.53. The highest BCUT2D eigenvalue weighted by atomic mass is 19.1. The van der Waals surface area contributed by atoms with E-state index in [9.17, 15) is 18.7 Å². The second-order valence-electron chi connectivity index (χ2n) is 11.3. The molecule has 9 nitrogen and oxygen atoms in total. The van der Waals surface area contributed by atoms with E-state index in [2.05, 4.69) is 9.88 Å². The first kappa shape index (κ1) is 30.4. The van der Waals surface area contributed by atoms with Gasteiger partial charge in [0.05, 0.1) is 42.8 Å². The Balaban J connectivity index is 1.09. The number of aromatic nitrogens is 2. The number of nitriles is 1. The summed E-state index contributed by atoms with van der Waals surface area (Å²) < 4.78 is 62.9. The fourth-order valence-corrected chi connectivity index (χ4v) is 5.67. The lowest BCUT2D eigenvalue weighted by molar-refractivity contribution is -0.136. The SMILES string of the molecule is N#Cc1ccc(OCc2cc(OC3CCN(Cc4nc5c(F)cc(CC(=O)O)cc5n4C[C@@H]4CCO4)CC3)ccc2F)c(F)c1. The number of nitrogens with zero attached hydrogens (tertiary/aromatic N) is 4. The molecule has 1 aromatic heterocycles. The van der Waals surface area contributed by atoms with Crippen molar-refractivity contribution < 1.29 is 37.3 Å². The Morgan fingerprint density at radius 1 is 1.04 bits per heavy atom. The Morgan fingerprint density at radius 2 is 1.84 bits per heavy atom. The van der Waals surface area contributed by atoms with Gasteiger partial charge in [-0.1, -0.05) is 0 Å². The molecule has 0 amide bonds. The van der Waals surface area contributed by atoms with Crippen LogP contribution in [0.15, 0.2) is 48.5 Å². The molecular weight excluding hydrogens is 589 g/mol. The van der Waals surface area contributed by atoms with Crippen molar-refractivity contribution in [2.24, 2.45) is 0 Å². The number of ether oxygens (including phenoxy) is 3. The summed E-state index contributed by atoms with van der Waals surface area (Å²) in [4.78, 5) is 18.1. The molecule has 1 N–H and O–H groups in total. The number of likely N-dealkylation sites (tertiary alicyclic amines) is 1. The number of rotatable bonds is 11. The van der Waals surface area contributed by atoms with Crippen LogP contribution in [0.1, 0.15) is 41.8 Å². The highest BCUT2D eigenvalue weighted by molar-refractivity contribution is 5.80. The standard InChI is InChI=1S/C33H31F3N4O5/c34-26-3-2-24(15-22(26)19-44-30-4-1-20(16-37)11-27(30)35)45-23-5-8-39(9-6-23)18-31-38-33-28(36)12-21(14-32(41)42)13-29(33)40(31)17-25-7-10-43-25/h1-4,11-13,15,23,25H,5-10,14,17-19H2,(H,41,42)/t25-/m0/s1. The monoisotopic (exact) mass is 620 g/mol. The predicted molar refractivity (Wildman–Crippen MR) is 156 cm³/mol. The fourth-order valence-electron chi connectivity index (χ4n) is 5.67. The summed E-state index contributed by atoms with van der Waals surface area (Å²) in [5.74, 6) is -1.70. The highest BCUT2D eigenvalue weighted by Crippen LogP contribution is 2.28. The Morgan fingerprint density at radius 3 is 2.53 bits per heavy atom. The number of piperidine rings is 1. The van der Waals surface area contributed by atoms with Crippen LogP contribution in [0.5, 0.6) is 11.5 Å². The maximum absolute atomic E-state index is 15.0. The smallest absolute Gasteiger partial charge is 0.307 e. The Bertz CT molecular complexity index is 1760. The van der Waals surface area contributed by atoms with E-state index in [4.69, 9.17) is 19.5 Å². The van der Waals surface area contributed by atoms with Crippen molar-refractivity contribution in [1.29, 1.82) is 5.26 Å². The summed E-state index contributed by atoms with van der Waals surface area (Å²) in [6, 6.07) is 13.0. The number of hydrogen-bond donors (Lipinski definition) is 1. The Labute approximate surface area is 257 Å². The number of carboxylic acid groups (broad SMARTS) is 1. The number of imidazole rings is 1. The summed E-state index contributed by atoms with van der Waals surface area (Å²) in [7, 11) is 0. The second-order valence-corrected chi connectivity index (χ2v) is 11.3. The maximum atomic E-state index is 15.0. The molecule has 12 heteroatoms. The number of halogens is 3. The molecule has 234 valence electrons. The van der Waals surface area contributed by atoms with E-state index in [0.717, 1.165) is 12.5 Å². The first-order valence-corrected chi connectivity index (χ1v) is 14.8. The maximum Gasteiger partial charge on any atom is 0.307 e. The van der Waals surface area contributed by atoms with Crippen molar-refractivity contribution in [1.82, 2.24) is 14.5 Å². The molecule has 3 aromatic carbocycles. The molecule has 3 heterocycles. The van der Waals surface area contributed by atoms with Crippen LogP contribution >= 0.6 is 0 Å². The Kier molecular flexibility index (Phi) is 8.91. The minimum atomic E-state index is -1.03. The number of fused-ring (bicyclic) bond motifs is 1. The third kappa shape index (κ3) is 7.05. The van der Waals surface area contributed by atoms with Crippen molar-refractivity contribution in [2.75, 3.05) is 19.7 Å². The molecule has 2 fully saturated rings. The molecule has 0 unspecified atom stereocenters. The second kappa shape index (κ2) is 13.2. The van der Waals surface area contributed by atoms with Crippen LogP contribution in [0.4, 0.5) is 13.2 Å². The molecular formula is C33H31F3N4O5. The zero-order valence-corrected chi connectivity index (χ0v) is 24.3. The molecule has 0 radical (unpaired) electrons. The van der Waals surface area contributed by atoms with E-state index in [1.54, 1.807) is 18.2 Å². The molecule has 2 aliphatic rings. The summed E-state index contributed by atoms with van der Waals surface area (Å²) in [6.45, 7) is 2.83. The number of carboxylic acids is 1. The fraction of sp³-hybridized carbons (Fsp3) is 0.364. The van der Waals surface area contributed by atoms with Gasteiger partial charge in [-0.3, -0.25) is 9.69 Å². The minimum absolute atomic E-state index is 0.000567. The van der Waals surface area contributed by atoms with Gasteiger partial charge in [-0.25, -0.2) is 18.2 Å². The first-order valence-electron chi connectivity index (χ1n) is 14.8. The average Bonchev–Trinajstić information content (AvgIpc) is 3.33. The van der Waals surface area contributed by atoms with Crippen molar-refractivity contribution >= 4 is 17.0 Å². The van der Waals surface area contributed by atoms with Crippen molar-refractivity contribution in [2.45, 2.75) is 57.6 Å². The van der Waals surface area contributed by atoms with E-state index >= 15 is 4.39 Å². The van der Waals surface area contributed by atoms with Crippen LogP contribution in [0.3, 0.4) is 0 Å². The van der Waals surface area contributed by atoms with E-state index in [1.807, 2.05) is 10.6 Å². The van der Waals surface area contributed by atoms with Gasteiger partial charge in [-0.05, 0) is 73.4 Å². The van der Waals surface area contributed by atoms with Crippen LogP contribution in [0, 0.1) is 28.8 Å². The zero-order chi connectivity index (χ0) is 31.5. The molecule has 0 saturated carbocycles. The Hall–Kier alpha value is -4.60. The van der Waals surface area contributed by atoms with E-state index in [0.29, 0.717) is 68.3 Å². The van der Waals surface area contributed by atoms with Crippen molar-refractivity contribution in [3.63, 3.8) is 0 Å². The van der Waals surface area contributed by atoms with Gasteiger partial charge in [0.1, 0.15) is 35.6 Å². The number of hydrogen-bond acceptors (Lipinski definition) is 7. The molecule has 0 aliphatic carbocycles. The van der Waals surface area contributed by atoms with E-state index in [-0.39, 0.29) is 47.6 Å². The van der Waals surface area contributed by atoms with Crippen molar-refractivity contribution in [3.05, 3.63) is 88.5 Å². The van der Waals surface area contributed by atoms with Crippen molar-refractivity contribution in [3.8, 4) is 17.6 Å². The number of aliphatic carboxylic acids is 1. The van der Waals surface area contributed by atoms with E-state index < -0.39 is 23.4 Å². The topological polar surface area (TPSA) is 110 Å². The predicted octanol–water partition coefficient (Wildman–Crippen LogP) is 5.36. The lowest BCUT2D eigenvalue weighted by Crippen LogP contribution is -2.39. The number of benzene rings is 3. The van der Waals surface area contributed by atoms with Crippen LogP contribution in [0.25, 0.3) is 11.0 Å². The van der Waals surface area contributed by atoms with Gasteiger partial charge in [0.2, 0.25) is 0 Å². The van der Waals surface area contributed by atoms with Gasteiger partial charge in [0.15, 0.2) is 17.4 Å². The summed E-state index contributed by atoms with van der Waals surface area (Å²) in [6.07, 6.45) is 1.89. The first-order chi connectivity index (χ1) is 21.7. The largest absolute Gasteiger partial charge is 0.490 e. The van der Waals surface area contributed by atoms with Gasteiger partial charge in [-0.15, -0.1) is 0 Å². The third-order valence-corrected chi connectivity index (χ3v) is 8.14. The molecule has 1 atom stereocenters. The number of carbonyl (C=O) groups is 1. The lowest BCUT2D eigenvalue weighted by Gasteiger charge is -2.32. The van der Waals surface area contributed by atoms with Crippen LogP contribution in [0.2, 0.25) is 0 Å². The molecule has 2 saturated heterocycles. The summed E-state index contributed by atoms with van der Waals surface area (Å²) >= 11 is 0. The van der Waals surface area contributed by atoms with Gasteiger partial charge in [0.25, 0.3) is 0 Å². The molecule has 0 bridgehead atoms. The lowest BCUT2D eigenvalue weighted by atomic mass is 10.1.